The number of carbonyl (C=O) groups excluding carboxylic acids is 4. The highest BCUT2D eigenvalue weighted by Crippen LogP contribution is 2.31. The first-order valence-corrected chi connectivity index (χ1v) is 15.2. The molecule has 0 aliphatic carbocycles. The lowest BCUT2D eigenvalue weighted by atomic mass is 10.0. The number of ether oxygens (including phenoxy) is 2. The van der Waals surface area contributed by atoms with E-state index >= 15 is 0 Å². The van der Waals surface area contributed by atoms with Crippen molar-refractivity contribution in [2.75, 3.05) is 16.9 Å². The van der Waals surface area contributed by atoms with E-state index in [-0.39, 0.29) is 21.8 Å². The number of amides is 4. The molecule has 4 amide bonds. The molecule has 12 heteroatoms. The molecule has 43 heavy (non-hydrogen) atoms. The molecule has 0 bridgehead atoms. The number of benzene rings is 3. The van der Waals surface area contributed by atoms with Gasteiger partial charge in [-0.15, -0.1) is 4.36 Å². The van der Waals surface area contributed by atoms with Crippen LogP contribution in [0.25, 0.3) is 11.1 Å². The first-order chi connectivity index (χ1) is 19.8. The summed E-state index contributed by atoms with van der Waals surface area (Å²) in [5.74, 6) is -1.12. The summed E-state index contributed by atoms with van der Waals surface area (Å²) >= 11 is 0. The number of primary amides is 1. The maximum atomic E-state index is 13.3. The van der Waals surface area contributed by atoms with Gasteiger partial charge in [0, 0.05) is 22.3 Å². The van der Waals surface area contributed by atoms with Gasteiger partial charge in [0.15, 0.2) is 0 Å². The van der Waals surface area contributed by atoms with E-state index in [1.165, 1.54) is 30.5 Å². The molecule has 0 aliphatic rings. The lowest BCUT2D eigenvalue weighted by Gasteiger charge is -2.21. The van der Waals surface area contributed by atoms with Crippen LogP contribution in [0.15, 0.2) is 76.0 Å². The molecule has 0 radical (unpaired) electrons. The van der Waals surface area contributed by atoms with Crippen LogP contribution in [0.3, 0.4) is 0 Å². The predicted molar refractivity (Wildman–Crippen MR) is 166 cm³/mol. The lowest BCUT2D eigenvalue weighted by Crippen LogP contribution is -2.27. The van der Waals surface area contributed by atoms with Crippen LogP contribution in [-0.2, 0) is 19.2 Å². The quantitative estimate of drug-likeness (QED) is 0.289. The van der Waals surface area contributed by atoms with Crippen molar-refractivity contribution in [1.29, 1.82) is 0 Å². The zero-order valence-electron chi connectivity index (χ0n) is 25.1. The third-order valence-corrected chi connectivity index (χ3v) is 7.22. The number of nitrogens with two attached hydrogens (primary N) is 1. The van der Waals surface area contributed by atoms with E-state index in [0.29, 0.717) is 16.7 Å². The summed E-state index contributed by atoms with van der Waals surface area (Å²) in [6, 6.07) is 17.4. The van der Waals surface area contributed by atoms with Crippen molar-refractivity contribution in [2.45, 2.75) is 57.6 Å². The van der Waals surface area contributed by atoms with Crippen LogP contribution in [0, 0.1) is 0 Å². The third-order valence-electron chi connectivity index (χ3n) is 5.58. The number of hydrogen-bond donors (Lipinski definition) is 3. The van der Waals surface area contributed by atoms with Gasteiger partial charge >= 0.3 is 12.2 Å². The van der Waals surface area contributed by atoms with Gasteiger partial charge in [0.25, 0.3) is 5.91 Å². The van der Waals surface area contributed by atoms with E-state index in [9.17, 15) is 23.4 Å². The Morgan fingerprint density at radius 2 is 1.35 bits per heavy atom. The maximum Gasteiger partial charge on any atom is 0.442 e. The molecule has 1 unspecified atom stereocenters. The standard InChI is InChI=1S/C31H36N4O7S/c1-30(2,3)41-28(38)34-24-16-13-21(20-9-8-10-22(17-20)26(32)36)18-25(24)33-27(37)19-11-14-23(15-12-19)43(7,40)35-29(39)42-31(4,5)6/h8-18H,1-7H3,(H2,32,36)(H,33,37)(H,34,38). The second-order valence-electron chi connectivity index (χ2n) is 11.7. The van der Waals surface area contributed by atoms with Crippen LogP contribution in [0.2, 0.25) is 0 Å². The molecule has 3 rings (SSSR count). The molecule has 0 fully saturated rings. The van der Waals surface area contributed by atoms with Crippen LogP contribution in [0.4, 0.5) is 21.0 Å². The van der Waals surface area contributed by atoms with Gasteiger partial charge in [-0.2, -0.15) is 0 Å². The minimum atomic E-state index is -3.14. The average Bonchev–Trinajstić information content (AvgIpc) is 2.87. The minimum Gasteiger partial charge on any atom is -0.444 e. The Morgan fingerprint density at radius 3 is 1.93 bits per heavy atom. The second-order valence-corrected chi connectivity index (χ2v) is 13.9. The molecule has 0 saturated carbocycles. The van der Waals surface area contributed by atoms with Crippen LogP contribution in [0.1, 0.15) is 62.3 Å². The van der Waals surface area contributed by atoms with Crippen LogP contribution in [0.5, 0.6) is 0 Å². The molecular formula is C31H36N4O7S. The molecule has 3 aromatic carbocycles. The molecule has 3 aromatic rings. The van der Waals surface area contributed by atoms with Gasteiger partial charge < -0.3 is 20.5 Å². The van der Waals surface area contributed by atoms with Crippen molar-refractivity contribution in [3.63, 3.8) is 0 Å². The minimum absolute atomic E-state index is 0.209. The highest BCUT2D eigenvalue weighted by molar-refractivity contribution is 7.93. The number of hydrogen-bond acceptors (Lipinski definition) is 7. The zero-order valence-corrected chi connectivity index (χ0v) is 26.0. The Labute approximate surface area is 251 Å². The summed E-state index contributed by atoms with van der Waals surface area (Å²) < 4.78 is 27.3. The molecule has 11 nitrogen and oxygen atoms in total. The van der Waals surface area contributed by atoms with E-state index in [1.54, 1.807) is 84.0 Å². The fourth-order valence-electron chi connectivity index (χ4n) is 3.73. The third kappa shape index (κ3) is 9.67. The van der Waals surface area contributed by atoms with E-state index in [4.69, 9.17) is 15.2 Å². The molecular weight excluding hydrogens is 572 g/mol. The van der Waals surface area contributed by atoms with E-state index < -0.39 is 44.9 Å². The second kappa shape index (κ2) is 12.7. The van der Waals surface area contributed by atoms with Gasteiger partial charge in [-0.25, -0.2) is 13.8 Å². The first kappa shape index (κ1) is 32.8. The van der Waals surface area contributed by atoms with Gasteiger partial charge in [-0.1, -0.05) is 18.2 Å². The summed E-state index contributed by atoms with van der Waals surface area (Å²) in [6.45, 7) is 10.2. The molecule has 0 saturated heterocycles. The van der Waals surface area contributed by atoms with Crippen molar-refractivity contribution in [3.8, 4) is 11.1 Å². The molecule has 228 valence electrons. The summed E-state index contributed by atoms with van der Waals surface area (Å²) in [6.07, 6.45) is -0.366. The summed E-state index contributed by atoms with van der Waals surface area (Å²) in [5.41, 5.74) is 6.22. The normalized spacial score (nSPS) is 12.8. The SMILES string of the molecule is CC(C)(C)OC(=O)N=S(C)(=O)c1ccc(C(=O)Nc2cc(-c3cccc(C(N)=O)c3)ccc2NC(=O)OC(C)(C)C)cc1. The number of anilines is 2. The highest BCUT2D eigenvalue weighted by atomic mass is 32.2. The molecule has 0 aliphatic heterocycles. The fraction of sp³-hybridized carbons (Fsp3) is 0.290. The van der Waals surface area contributed by atoms with Crippen LogP contribution >= 0.6 is 0 Å². The maximum absolute atomic E-state index is 13.3. The van der Waals surface area contributed by atoms with E-state index in [1.807, 2.05) is 0 Å². The monoisotopic (exact) mass is 608 g/mol. The predicted octanol–water partition coefficient (Wildman–Crippen LogP) is 6.44. The van der Waals surface area contributed by atoms with Crippen LogP contribution in [-0.4, -0.2) is 45.7 Å². The van der Waals surface area contributed by atoms with Gasteiger partial charge in [0.05, 0.1) is 21.1 Å². The summed E-state index contributed by atoms with van der Waals surface area (Å²) in [5, 5.41) is 5.44. The van der Waals surface area contributed by atoms with Gasteiger partial charge in [-0.3, -0.25) is 14.9 Å². The topological polar surface area (TPSA) is 166 Å². The van der Waals surface area contributed by atoms with Crippen LogP contribution < -0.4 is 16.4 Å². The summed E-state index contributed by atoms with van der Waals surface area (Å²) in [7, 11) is -3.14. The molecule has 1 atom stereocenters. The van der Waals surface area contributed by atoms with Crippen molar-refractivity contribution < 1.29 is 32.9 Å². The van der Waals surface area contributed by atoms with E-state index in [0.717, 1.165) is 0 Å². The van der Waals surface area contributed by atoms with E-state index in [2.05, 4.69) is 15.0 Å². The lowest BCUT2D eigenvalue weighted by molar-refractivity contribution is 0.0603. The number of nitrogens with one attached hydrogen (secondary N) is 2. The van der Waals surface area contributed by atoms with Gasteiger partial charge in [0.2, 0.25) is 5.91 Å². The summed E-state index contributed by atoms with van der Waals surface area (Å²) in [4.78, 5) is 49.8. The molecule has 4 N–H and O–H groups in total. The fourth-order valence-corrected chi connectivity index (χ4v) is 4.80. The van der Waals surface area contributed by atoms with Gasteiger partial charge in [0.1, 0.15) is 11.2 Å². The number of carbonyl (C=O) groups is 4. The van der Waals surface area contributed by atoms with Crippen molar-refractivity contribution in [2.24, 2.45) is 10.1 Å². The Balaban J connectivity index is 1.93. The smallest absolute Gasteiger partial charge is 0.442 e. The number of nitrogens with zero attached hydrogens (tertiary/aromatic N) is 1. The molecule has 0 spiro atoms. The largest absolute Gasteiger partial charge is 0.444 e. The molecule has 0 heterocycles. The Bertz CT molecular complexity index is 1680. The van der Waals surface area contributed by atoms with Crippen molar-refractivity contribution in [3.05, 3.63) is 77.9 Å². The highest BCUT2D eigenvalue weighted by Gasteiger charge is 2.20. The van der Waals surface area contributed by atoms with Crippen molar-refractivity contribution in [1.82, 2.24) is 0 Å². The zero-order chi connectivity index (χ0) is 32.2. The average molecular weight is 609 g/mol. The molecule has 0 aromatic heterocycles. The first-order valence-electron chi connectivity index (χ1n) is 13.2. The Hall–Kier alpha value is -4.71. The Kier molecular flexibility index (Phi) is 9.65. The van der Waals surface area contributed by atoms with Gasteiger partial charge in [-0.05, 0) is 101 Å². The Morgan fingerprint density at radius 1 is 0.744 bits per heavy atom. The van der Waals surface area contributed by atoms with Crippen molar-refractivity contribution >= 4 is 45.1 Å². The number of rotatable bonds is 6.